The van der Waals surface area contributed by atoms with Crippen LogP contribution in [0.5, 0.6) is 5.75 Å². The molecule has 62 valence electrons. The van der Waals surface area contributed by atoms with Crippen molar-refractivity contribution in [1.82, 2.24) is 10.2 Å². The van der Waals surface area contributed by atoms with Crippen molar-refractivity contribution in [3.8, 4) is 5.75 Å². The Balaban J connectivity index is 2.82. The van der Waals surface area contributed by atoms with Gasteiger partial charge in [0.1, 0.15) is 11.3 Å². The van der Waals surface area contributed by atoms with Crippen LogP contribution in [0.2, 0.25) is 0 Å². The van der Waals surface area contributed by atoms with E-state index in [2.05, 4.69) is 17.1 Å². The maximum Gasteiger partial charge on any atom is 0.141 e. The number of fused-ring (bicyclic) bond motifs is 1. The molecule has 0 atom stereocenters. The number of hydrogen-bond acceptors (Lipinski definition) is 2. The highest BCUT2D eigenvalue weighted by atomic mass is 16.3. The average Bonchev–Trinajstić information content (AvgIpc) is 2.54. The zero-order valence-corrected chi connectivity index (χ0v) is 6.83. The van der Waals surface area contributed by atoms with Crippen LogP contribution < -0.4 is 0 Å². The number of nitrogens with one attached hydrogen (secondary N) is 1. The molecule has 0 bridgehead atoms. The van der Waals surface area contributed by atoms with Gasteiger partial charge in [-0.05, 0) is 18.1 Å². The molecule has 0 saturated carbocycles. The predicted molar refractivity (Wildman–Crippen MR) is 47.1 cm³/mol. The van der Waals surface area contributed by atoms with Gasteiger partial charge < -0.3 is 5.11 Å². The van der Waals surface area contributed by atoms with E-state index in [1.54, 1.807) is 12.3 Å². The zero-order valence-electron chi connectivity index (χ0n) is 6.83. The lowest BCUT2D eigenvalue weighted by atomic mass is 10.1. The van der Waals surface area contributed by atoms with Crippen molar-refractivity contribution in [3.63, 3.8) is 0 Å². The molecule has 0 unspecified atom stereocenters. The number of aromatic hydroxyl groups is 1. The molecule has 2 rings (SSSR count). The molecular formula is C9H10N2O. The van der Waals surface area contributed by atoms with Gasteiger partial charge in [-0.2, -0.15) is 5.10 Å². The summed E-state index contributed by atoms with van der Waals surface area (Å²) in [7, 11) is 0. The number of aromatic nitrogens is 2. The van der Waals surface area contributed by atoms with Crippen molar-refractivity contribution in [2.45, 2.75) is 13.3 Å². The fourth-order valence-corrected chi connectivity index (χ4v) is 1.39. The van der Waals surface area contributed by atoms with Crippen molar-refractivity contribution < 1.29 is 5.11 Å². The van der Waals surface area contributed by atoms with E-state index in [1.165, 1.54) is 5.56 Å². The quantitative estimate of drug-likeness (QED) is 0.672. The molecule has 3 nitrogen and oxygen atoms in total. The number of benzene rings is 1. The molecule has 1 aromatic carbocycles. The lowest BCUT2D eigenvalue weighted by Crippen LogP contribution is -1.80. The molecule has 0 saturated heterocycles. The topological polar surface area (TPSA) is 48.9 Å². The van der Waals surface area contributed by atoms with Gasteiger partial charge in [0.05, 0.1) is 6.20 Å². The molecule has 12 heavy (non-hydrogen) atoms. The Bertz CT molecular complexity index is 406. The molecule has 0 amide bonds. The first-order chi connectivity index (χ1) is 5.83. The minimum absolute atomic E-state index is 0.264. The summed E-state index contributed by atoms with van der Waals surface area (Å²) in [6.07, 6.45) is 2.70. The minimum Gasteiger partial charge on any atom is -0.506 e. The molecule has 0 aliphatic heterocycles. The van der Waals surface area contributed by atoms with Gasteiger partial charge in [0.25, 0.3) is 0 Å². The van der Waals surface area contributed by atoms with Crippen molar-refractivity contribution >= 4 is 10.9 Å². The SMILES string of the molecule is CCc1ccc(O)c2[nH]ncc12. The van der Waals surface area contributed by atoms with Crippen LogP contribution in [0.15, 0.2) is 18.3 Å². The van der Waals surface area contributed by atoms with Crippen molar-refractivity contribution in [2.75, 3.05) is 0 Å². The first kappa shape index (κ1) is 7.16. The lowest BCUT2D eigenvalue weighted by molar-refractivity contribution is 0.480. The molecule has 3 heteroatoms. The van der Waals surface area contributed by atoms with E-state index in [9.17, 15) is 5.11 Å². The van der Waals surface area contributed by atoms with Gasteiger partial charge in [0.15, 0.2) is 0 Å². The number of hydrogen-bond donors (Lipinski definition) is 2. The van der Waals surface area contributed by atoms with E-state index >= 15 is 0 Å². The van der Waals surface area contributed by atoms with Gasteiger partial charge in [0, 0.05) is 5.39 Å². The Morgan fingerprint density at radius 2 is 2.33 bits per heavy atom. The van der Waals surface area contributed by atoms with Gasteiger partial charge in [-0.1, -0.05) is 13.0 Å². The molecule has 0 aliphatic carbocycles. The number of phenols is 1. The van der Waals surface area contributed by atoms with Gasteiger partial charge in [0.2, 0.25) is 0 Å². The Hall–Kier alpha value is -1.51. The summed E-state index contributed by atoms with van der Waals surface area (Å²) < 4.78 is 0. The summed E-state index contributed by atoms with van der Waals surface area (Å²) in [4.78, 5) is 0. The monoisotopic (exact) mass is 162 g/mol. The normalized spacial score (nSPS) is 10.8. The Morgan fingerprint density at radius 1 is 1.50 bits per heavy atom. The first-order valence-corrected chi connectivity index (χ1v) is 3.97. The fourth-order valence-electron chi connectivity index (χ4n) is 1.39. The zero-order chi connectivity index (χ0) is 8.55. The molecule has 2 N–H and O–H groups in total. The largest absolute Gasteiger partial charge is 0.506 e. The number of aromatic amines is 1. The van der Waals surface area contributed by atoms with Gasteiger partial charge in [-0.3, -0.25) is 5.10 Å². The summed E-state index contributed by atoms with van der Waals surface area (Å²) in [5.41, 5.74) is 1.94. The van der Waals surface area contributed by atoms with Crippen LogP contribution in [0.1, 0.15) is 12.5 Å². The average molecular weight is 162 g/mol. The Kier molecular flexibility index (Phi) is 1.50. The van der Waals surface area contributed by atoms with Gasteiger partial charge >= 0.3 is 0 Å². The third-order valence-corrected chi connectivity index (χ3v) is 2.06. The van der Waals surface area contributed by atoms with Crippen LogP contribution in [0.4, 0.5) is 0 Å². The molecule has 2 aromatic rings. The second-order valence-corrected chi connectivity index (χ2v) is 2.76. The lowest BCUT2D eigenvalue weighted by Gasteiger charge is -1.99. The standard InChI is InChI=1S/C9H10N2O/c1-2-6-3-4-8(12)9-7(6)5-10-11-9/h3-5,12H,2H2,1H3,(H,10,11). The van der Waals surface area contributed by atoms with E-state index in [4.69, 9.17) is 0 Å². The molecule has 0 radical (unpaired) electrons. The highest BCUT2D eigenvalue weighted by Crippen LogP contribution is 2.25. The highest BCUT2D eigenvalue weighted by Gasteiger charge is 2.04. The highest BCUT2D eigenvalue weighted by molar-refractivity contribution is 5.86. The second kappa shape index (κ2) is 2.52. The summed E-state index contributed by atoms with van der Waals surface area (Å²) in [5, 5.41) is 17.1. The fraction of sp³-hybridized carbons (Fsp3) is 0.222. The van der Waals surface area contributed by atoms with Gasteiger partial charge in [-0.25, -0.2) is 0 Å². The number of H-pyrrole nitrogens is 1. The molecular weight excluding hydrogens is 152 g/mol. The van der Waals surface area contributed by atoms with Crippen LogP contribution in [0.3, 0.4) is 0 Å². The van der Waals surface area contributed by atoms with Gasteiger partial charge in [-0.15, -0.1) is 0 Å². The van der Waals surface area contributed by atoms with E-state index in [0.717, 1.165) is 17.3 Å². The number of nitrogens with zero attached hydrogens (tertiary/aromatic N) is 1. The van der Waals surface area contributed by atoms with Crippen LogP contribution >= 0.6 is 0 Å². The van der Waals surface area contributed by atoms with Crippen molar-refractivity contribution in [2.24, 2.45) is 0 Å². The van der Waals surface area contributed by atoms with Crippen LogP contribution in [-0.4, -0.2) is 15.3 Å². The van der Waals surface area contributed by atoms with Crippen LogP contribution in [0.25, 0.3) is 10.9 Å². The summed E-state index contributed by atoms with van der Waals surface area (Å²) >= 11 is 0. The Morgan fingerprint density at radius 3 is 3.08 bits per heavy atom. The summed E-state index contributed by atoms with van der Waals surface area (Å²) in [5.74, 6) is 0.264. The van der Waals surface area contributed by atoms with E-state index in [-0.39, 0.29) is 5.75 Å². The third-order valence-electron chi connectivity index (χ3n) is 2.06. The second-order valence-electron chi connectivity index (χ2n) is 2.76. The number of phenolic OH excluding ortho intramolecular Hbond substituents is 1. The predicted octanol–water partition coefficient (Wildman–Crippen LogP) is 1.83. The summed E-state index contributed by atoms with van der Waals surface area (Å²) in [6.45, 7) is 2.08. The first-order valence-electron chi connectivity index (χ1n) is 3.97. The number of rotatable bonds is 1. The van der Waals surface area contributed by atoms with Crippen molar-refractivity contribution in [1.29, 1.82) is 0 Å². The molecule has 0 spiro atoms. The third kappa shape index (κ3) is 0.863. The van der Waals surface area contributed by atoms with E-state index < -0.39 is 0 Å². The summed E-state index contributed by atoms with van der Waals surface area (Å²) in [6, 6.07) is 3.62. The molecule has 0 aliphatic rings. The maximum atomic E-state index is 9.41. The molecule has 0 fully saturated rings. The van der Waals surface area contributed by atoms with Crippen molar-refractivity contribution in [3.05, 3.63) is 23.9 Å². The smallest absolute Gasteiger partial charge is 0.141 e. The maximum absolute atomic E-state index is 9.41. The number of aryl methyl sites for hydroxylation is 1. The van der Waals surface area contributed by atoms with E-state index in [1.807, 2.05) is 6.07 Å². The molecule has 1 aromatic heterocycles. The minimum atomic E-state index is 0.264. The van der Waals surface area contributed by atoms with E-state index in [0.29, 0.717) is 0 Å². The molecule has 1 heterocycles. The van der Waals surface area contributed by atoms with Crippen LogP contribution in [-0.2, 0) is 6.42 Å². The Labute approximate surface area is 70.0 Å². The van der Waals surface area contributed by atoms with Crippen LogP contribution in [0, 0.1) is 0 Å².